The molecule has 8 aromatic rings. The summed E-state index contributed by atoms with van der Waals surface area (Å²) < 4.78 is 2.42. The van der Waals surface area contributed by atoms with Crippen LogP contribution in [0, 0.1) is 0 Å². The third-order valence-electron chi connectivity index (χ3n) is 11.4. The van der Waals surface area contributed by atoms with E-state index < -0.39 is 0 Å². The highest BCUT2D eigenvalue weighted by Gasteiger charge is 2.29. The number of nitrogens with one attached hydrogen (secondary N) is 1. The van der Waals surface area contributed by atoms with E-state index in [1.54, 1.807) is 6.20 Å². The number of benzene rings is 6. The molecule has 6 aromatic carbocycles. The standard InChI is InChI=1S/C55H46N4/c1-39(17-15-31-56)43-33-44(35-45(34-43)42-21-16-32-57-38-42)41-20-13-22-46(36-41)55(2)30-14-23-47(37-55)58-51-28-11-9-26-49(51)54-53(40-18-5-3-6-19-40)50-27-10-12-29-52(50)59(54)48-24-7-4-8-25-48/h3-36,38,58H,37,56H2,1-2H3/b31-15-,39-17+. The van der Waals surface area contributed by atoms with Crippen LogP contribution in [0.15, 0.2) is 218 Å². The first-order valence-electron chi connectivity index (χ1n) is 20.2. The molecule has 0 amide bonds. The minimum Gasteiger partial charge on any atom is -0.405 e. The van der Waals surface area contributed by atoms with E-state index in [1.165, 1.54) is 33.2 Å². The molecule has 1 aliphatic carbocycles. The number of nitrogens with zero attached hydrogens (tertiary/aromatic N) is 2. The van der Waals surface area contributed by atoms with Crippen molar-refractivity contribution in [1.82, 2.24) is 9.55 Å². The Balaban J connectivity index is 1.09. The molecule has 286 valence electrons. The predicted molar refractivity (Wildman–Crippen MR) is 249 cm³/mol. The Labute approximate surface area is 347 Å². The number of rotatable bonds is 10. The van der Waals surface area contributed by atoms with Gasteiger partial charge in [-0.15, -0.1) is 0 Å². The zero-order valence-corrected chi connectivity index (χ0v) is 33.4. The summed E-state index contributed by atoms with van der Waals surface area (Å²) in [5.41, 5.74) is 22.7. The second kappa shape index (κ2) is 16.2. The highest BCUT2D eigenvalue weighted by molar-refractivity contribution is 6.07. The van der Waals surface area contributed by atoms with Crippen LogP contribution in [0.3, 0.4) is 0 Å². The van der Waals surface area contributed by atoms with Crippen LogP contribution in [0.5, 0.6) is 0 Å². The van der Waals surface area contributed by atoms with Crippen LogP contribution in [0.25, 0.3) is 66.8 Å². The van der Waals surface area contributed by atoms with E-state index in [9.17, 15) is 0 Å². The Hall–Kier alpha value is -7.43. The molecule has 59 heavy (non-hydrogen) atoms. The fourth-order valence-corrected chi connectivity index (χ4v) is 8.46. The number of para-hydroxylation sites is 3. The number of aromatic nitrogens is 2. The van der Waals surface area contributed by atoms with E-state index in [2.05, 4.69) is 211 Å². The Kier molecular flexibility index (Phi) is 10.2. The molecular weight excluding hydrogens is 717 g/mol. The minimum absolute atomic E-state index is 0.248. The minimum atomic E-state index is -0.248. The number of pyridine rings is 1. The fourth-order valence-electron chi connectivity index (χ4n) is 8.46. The number of hydrogen-bond acceptors (Lipinski definition) is 3. The Morgan fingerprint density at radius 1 is 0.712 bits per heavy atom. The van der Waals surface area contributed by atoms with Crippen molar-refractivity contribution >= 4 is 22.2 Å². The molecule has 0 radical (unpaired) electrons. The normalized spacial score (nSPS) is 15.4. The second-order valence-corrected chi connectivity index (χ2v) is 15.4. The monoisotopic (exact) mass is 762 g/mol. The van der Waals surface area contributed by atoms with Crippen molar-refractivity contribution in [3.8, 4) is 50.3 Å². The van der Waals surface area contributed by atoms with Gasteiger partial charge in [0.15, 0.2) is 0 Å². The second-order valence-electron chi connectivity index (χ2n) is 15.4. The van der Waals surface area contributed by atoms with E-state index in [0.29, 0.717) is 0 Å². The summed E-state index contributed by atoms with van der Waals surface area (Å²) in [4.78, 5) is 4.42. The van der Waals surface area contributed by atoms with Gasteiger partial charge in [0.05, 0.1) is 11.2 Å². The average molecular weight is 763 g/mol. The Bertz CT molecular complexity index is 2820. The molecule has 0 bridgehead atoms. The summed E-state index contributed by atoms with van der Waals surface area (Å²) >= 11 is 0. The summed E-state index contributed by atoms with van der Waals surface area (Å²) in [5.74, 6) is 0. The van der Waals surface area contributed by atoms with Crippen LogP contribution < -0.4 is 11.1 Å². The average Bonchev–Trinajstić information content (AvgIpc) is 3.64. The van der Waals surface area contributed by atoms with Gasteiger partial charge in [-0.3, -0.25) is 4.98 Å². The molecule has 4 heteroatoms. The Morgan fingerprint density at radius 3 is 2.22 bits per heavy atom. The van der Waals surface area contributed by atoms with Gasteiger partial charge in [0, 0.05) is 63.4 Å². The smallest absolute Gasteiger partial charge is 0.0640 e. The first kappa shape index (κ1) is 37.2. The van der Waals surface area contributed by atoms with E-state index in [4.69, 9.17) is 5.73 Å². The first-order chi connectivity index (χ1) is 29.0. The quantitative estimate of drug-likeness (QED) is 0.136. The van der Waals surface area contributed by atoms with Crippen molar-refractivity contribution in [3.63, 3.8) is 0 Å². The number of hydrogen-bond donors (Lipinski definition) is 2. The molecule has 1 atom stereocenters. The van der Waals surface area contributed by atoms with Crippen molar-refractivity contribution in [2.45, 2.75) is 25.7 Å². The lowest BCUT2D eigenvalue weighted by atomic mass is 9.75. The van der Waals surface area contributed by atoms with Gasteiger partial charge >= 0.3 is 0 Å². The zero-order valence-electron chi connectivity index (χ0n) is 33.4. The third kappa shape index (κ3) is 7.45. The van der Waals surface area contributed by atoms with Crippen LogP contribution >= 0.6 is 0 Å². The molecule has 4 nitrogen and oxygen atoms in total. The zero-order chi connectivity index (χ0) is 40.2. The summed E-state index contributed by atoms with van der Waals surface area (Å²) in [6, 6.07) is 58.9. The van der Waals surface area contributed by atoms with Crippen LogP contribution in [0.1, 0.15) is 31.4 Å². The summed E-state index contributed by atoms with van der Waals surface area (Å²) in [7, 11) is 0. The maximum absolute atomic E-state index is 5.71. The van der Waals surface area contributed by atoms with Crippen molar-refractivity contribution in [2.75, 3.05) is 5.32 Å². The SMILES string of the molecule is C/C(=C\C=C/N)c1cc(-c2cccnc2)cc(-c2cccc(C3(C)C=CC=C(Nc4ccccc4-c4c(-c5ccccc5)c5ccccc5n4-c4ccccc4)C3)c2)c1. The topological polar surface area (TPSA) is 55.9 Å². The van der Waals surface area contributed by atoms with E-state index in [1.807, 2.05) is 24.5 Å². The van der Waals surface area contributed by atoms with Crippen molar-refractivity contribution in [1.29, 1.82) is 0 Å². The molecule has 0 saturated heterocycles. The predicted octanol–water partition coefficient (Wildman–Crippen LogP) is 13.8. The van der Waals surface area contributed by atoms with Crippen molar-refractivity contribution < 1.29 is 0 Å². The molecule has 9 rings (SSSR count). The van der Waals surface area contributed by atoms with Crippen LogP contribution in [-0.2, 0) is 5.41 Å². The number of fused-ring (bicyclic) bond motifs is 1. The molecule has 2 heterocycles. The summed E-state index contributed by atoms with van der Waals surface area (Å²) in [6.07, 6.45) is 16.8. The Morgan fingerprint density at radius 2 is 1.42 bits per heavy atom. The van der Waals surface area contributed by atoms with Gasteiger partial charge in [-0.2, -0.15) is 0 Å². The lowest BCUT2D eigenvalue weighted by Crippen LogP contribution is -2.24. The number of allylic oxidation sites excluding steroid dienone is 7. The van der Waals surface area contributed by atoms with E-state index >= 15 is 0 Å². The van der Waals surface area contributed by atoms with Gasteiger partial charge in [-0.1, -0.05) is 140 Å². The van der Waals surface area contributed by atoms with Crippen LogP contribution in [-0.4, -0.2) is 9.55 Å². The van der Waals surface area contributed by atoms with Crippen molar-refractivity contribution in [3.05, 3.63) is 230 Å². The highest BCUT2D eigenvalue weighted by atomic mass is 15.0. The van der Waals surface area contributed by atoms with Gasteiger partial charge in [-0.05, 0) is 113 Å². The number of anilines is 1. The summed E-state index contributed by atoms with van der Waals surface area (Å²) in [6.45, 7) is 4.46. The maximum atomic E-state index is 5.71. The molecular formula is C55H46N4. The molecule has 0 spiro atoms. The largest absolute Gasteiger partial charge is 0.405 e. The lowest BCUT2D eigenvalue weighted by molar-refractivity contribution is 0.583. The number of nitrogens with two attached hydrogens (primary N) is 1. The lowest BCUT2D eigenvalue weighted by Gasteiger charge is -2.32. The van der Waals surface area contributed by atoms with E-state index in [0.717, 1.165) is 62.6 Å². The molecule has 0 fully saturated rings. The summed E-state index contributed by atoms with van der Waals surface area (Å²) in [5, 5.41) is 5.17. The van der Waals surface area contributed by atoms with Gasteiger partial charge in [0.1, 0.15) is 0 Å². The van der Waals surface area contributed by atoms with Gasteiger partial charge in [0.25, 0.3) is 0 Å². The van der Waals surface area contributed by atoms with Crippen molar-refractivity contribution in [2.24, 2.45) is 5.73 Å². The van der Waals surface area contributed by atoms with Crippen LogP contribution in [0.4, 0.5) is 5.69 Å². The third-order valence-corrected chi connectivity index (χ3v) is 11.4. The molecule has 1 unspecified atom stereocenters. The molecule has 0 saturated carbocycles. The molecule has 0 aliphatic heterocycles. The van der Waals surface area contributed by atoms with Crippen LogP contribution in [0.2, 0.25) is 0 Å². The maximum Gasteiger partial charge on any atom is 0.0640 e. The van der Waals surface area contributed by atoms with Gasteiger partial charge in [0.2, 0.25) is 0 Å². The van der Waals surface area contributed by atoms with Gasteiger partial charge in [-0.25, -0.2) is 0 Å². The molecule has 3 N–H and O–H groups in total. The first-order valence-corrected chi connectivity index (χ1v) is 20.2. The van der Waals surface area contributed by atoms with E-state index in [-0.39, 0.29) is 5.41 Å². The molecule has 1 aliphatic rings. The molecule has 2 aromatic heterocycles. The highest BCUT2D eigenvalue weighted by Crippen LogP contribution is 2.46. The fraction of sp³-hybridized carbons (Fsp3) is 0.0727. The van der Waals surface area contributed by atoms with Gasteiger partial charge < -0.3 is 15.6 Å².